The van der Waals surface area contributed by atoms with Crippen molar-refractivity contribution in [2.24, 2.45) is 0 Å². The molecule has 2 N–H and O–H groups in total. The number of hydrogen-bond acceptors (Lipinski definition) is 5. The molecule has 0 atom stereocenters. The lowest BCUT2D eigenvalue weighted by Crippen LogP contribution is -2.09. The van der Waals surface area contributed by atoms with Gasteiger partial charge in [0.2, 0.25) is 5.95 Å². The number of ether oxygens (including phenoxy) is 1. The van der Waals surface area contributed by atoms with Crippen molar-refractivity contribution in [1.29, 1.82) is 0 Å². The molecule has 2 aromatic rings. The number of anilines is 1. The van der Waals surface area contributed by atoms with Crippen LogP contribution in [-0.4, -0.2) is 27.3 Å². The van der Waals surface area contributed by atoms with Gasteiger partial charge in [0.1, 0.15) is 6.42 Å². The summed E-state index contributed by atoms with van der Waals surface area (Å²) in [6.45, 7) is 2.09. The summed E-state index contributed by atoms with van der Waals surface area (Å²) in [6.07, 6.45) is 0.0257. The van der Waals surface area contributed by atoms with Crippen molar-refractivity contribution >= 4 is 11.9 Å². The molecule has 1 aromatic carbocycles. The number of aromatic nitrogens is 3. The molecule has 0 unspecified atom stereocenters. The van der Waals surface area contributed by atoms with Crippen molar-refractivity contribution in [2.45, 2.75) is 13.3 Å². The van der Waals surface area contributed by atoms with Crippen molar-refractivity contribution in [3.8, 4) is 5.69 Å². The molecule has 6 heteroatoms. The van der Waals surface area contributed by atoms with E-state index in [4.69, 9.17) is 10.5 Å². The number of esters is 1. The Bertz CT molecular complexity index is 536. The van der Waals surface area contributed by atoms with E-state index in [0.29, 0.717) is 12.4 Å². The summed E-state index contributed by atoms with van der Waals surface area (Å²) in [5.41, 5.74) is 6.56. The van der Waals surface area contributed by atoms with Crippen molar-refractivity contribution in [3.63, 3.8) is 0 Å². The van der Waals surface area contributed by atoms with Crippen LogP contribution in [0.1, 0.15) is 12.7 Å². The monoisotopic (exact) mass is 246 g/mol. The molecule has 6 nitrogen and oxygen atoms in total. The van der Waals surface area contributed by atoms with Gasteiger partial charge in [-0.25, -0.2) is 0 Å². The Balaban J connectivity index is 2.20. The fraction of sp³-hybridized carbons (Fsp3) is 0.250. The summed E-state index contributed by atoms with van der Waals surface area (Å²) in [7, 11) is 0. The van der Waals surface area contributed by atoms with Crippen LogP contribution in [0.3, 0.4) is 0 Å². The van der Waals surface area contributed by atoms with Gasteiger partial charge in [-0.05, 0) is 19.1 Å². The van der Waals surface area contributed by atoms with E-state index in [0.717, 1.165) is 5.69 Å². The van der Waals surface area contributed by atoms with Crippen LogP contribution < -0.4 is 5.73 Å². The third-order valence-corrected chi connectivity index (χ3v) is 2.28. The second kappa shape index (κ2) is 5.31. The van der Waals surface area contributed by atoms with Gasteiger partial charge >= 0.3 is 5.97 Å². The summed E-state index contributed by atoms with van der Waals surface area (Å²) < 4.78 is 6.33. The SMILES string of the molecule is CCOC(=O)Cc1nc(N)n(-c2ccccc2)n1. The number of nitrogens with zero attached hydrogens (tertiary/aromatic N) is 3. The molecule has 0 fully saturated rings. The van der Waals surface area contributed by atoms with Crippen LogP contribution in [0, 0.1) is 0 Å². The highest BCUT2D eigenvalue weighted by Crippen LogP contribution is 2.11. The Labute approximate surface area is 104 Å². The first-order valence-corrected chi connectivity index (χ1v) is 5.63. The van der Waals surface area contributed by atoms with E-state index >= 15 is 0 Å². The Kier molecular flexibility index (Phi) is 3.57. The number of hydrogen-bond donors (Lipinski definition) is 1. The van der Waals surface area contributed by atoms with Gasteiger partial charge in [-0.2, -0.15) is 9.67 Å². The first kappa shape index (κ1) is 12.1. The molecule has 0 saturated carbocycles. The molecule has 0 amide bonds. The van der Waals surface area contributed by atoms with E-state index in [-0.39, 0.29) is 18.3 Å². The number of benzene rings is 1. The van der Waals surface area contributed by atoms with Gasteiger partial charge in [0, 0.05) is 0 Å². The quantitative estimate of drug-likeness (QED) is 0.812. The maximum Gasteiger partial charge on any atom is 0.313 e. The average Bonchev–Trinajstić information content (AvgIpc) is 2.71. The Morgan fingerprint density at radius 2 is 2.11 bits per heavy atom. The second-order valence-electron chi connectivity index (χ2n) is 3.62. The standard InChI is InChI=1S/C12H14N4O2/c1-2-18-11(17)8-10-14-12(13)16(15-10)9-6-4-3-5-7-9/h3-7H,2,8H2,1H3,(H2,13,14,15). The molecule has 0 radical (unpaired) electrons. The molecule has 0 spiro atoms. The van der Waals surface area contributed by atoms with Crippen LogP contribution in [0.15, 0.2) is 30.3 Å². The molecule has 0 aliphatic heterocycles. The molecular weight excluding hydrogens is 232 g/mol. The number of carbonyl (C=O) groups is 1. The normalized spacial score (nSPS) is 10.3. The number of nitrogen functional groups attached to an aromatic ring is 1. The van der Waals surface area contributed by atoms with E-state index in [1.165, 1.54) is 4.68 Å². The predicted molar refractivity (Wildman–Crippen MR) is 66.1 cm³/mol. The summed E-state index contributed by atoms with van der Waals surface area (Å²) >= 11 is 0. The Morgan fingerprint density at radius 3 is 2.78 bits per heavy atom. The first-order chi connectivity index (χ1) is 8.70. The molecule has 1 heterocycles. The van der Waals surface area contributed by atoms with Crippen molar-refractivity contribution in [1.82, 2.24) is 14.8 Å². The molecule has 0 saturated heterocycles. The molecule has 1 aromatic heterocycles. The Morgan fingerprint density at radius 1 is 1.39 bits per heavy atom. The lowest BCUT2D eigenvalue weighted by atomic mass is 10.3. The van der Waals surface area contributed by atoms with Gasteiger partial charge in [0.05, 0.1) is 12.3 Å². The summed E-state index contributed by atoms with van der Waals surface area (Å²) in [5, 5.41) is 4.18. The molecular formula is C12H14N4O2. The molecule has 0 bridgehead atoms. The molecule has 2 rings (SSSR count). The smallest absolute Gasteiger partial charge is 0.313 e. The predicted octanol–water partition coefficient (Wildman–Crippen LogP) is 0.955. The third-order valence-electron chi connectivity index (χ3n) is 2.28. The lowest BCUT2D eigenvalue weighted by Gasteiger charge is -2.00. The molecule has 0 aliphatic carbocycles. The van der Waals surface area contributed by atoms with Gasteiger partial charge in [0.15, 0.2) is 5.82 Å². The number of para-hydroxylation sites is 1. The largest absolute Gasteiger partial charge is 0.466 e. The van der Waals surface area contributed by atoms with Crippen LogP contribution in [0.2, 0.25) is 0 Å². The molecule has 0 aliphatic rings. The van der Waals surface area contributed by atoms with Crippen molar-refractivity contribution < 1.29 is 9.53 Å². The van der Waals surface area contributed by atoms with E-state index in [1.54, 1.807) is 6.92 Å². The number of nitrogens with two attached hydrogens (primary N) is 1. The third kappa shape index (κ3) is 2.65. The zero-order chi connectivity index (χ0) is 13.0. The topological polar surface area (TPSA) is 83.0 Å². The van der Waals surface area contributed by atoms with E-state index < -0.39 is 0 Å². The van der Waals surface area contributed by atoms with Gasteiger partial charge in [-0.3, -0.25) is 4.79 Å². The van der Waals surface area contributed by atoms with Crippen LogP contribution >= 0.6 is 0 Å². The fourth-order valence-electron chi connectivity index (χ4n) is 1.54. The second-order valence-corrected chi connectivity index (χ2v) is 3.62. The highest BCUT2D eigenvalue weighted by molar-refractivity contribution is 5.71. The highest BCUT2D eigenvalue weighted by atomic mass is 16.5. The minimum atomic E-state index is -0.359. The lowest BCUT2D eigenvalue weighted by molar-refractivity contribution is -0.142. The van der Waals surface area contributed by atoms with E-state index in [1.807, 2.05) is 30.3 Å². The van der Waals surface area contributed by atoms with Gasteiger partial charge in [-0.1, -0.05) is 18.2 Å². The zero-order valence-electron chi connectivity index (χ0n) is 10.0. The minimum absolute atomic E-state index is 0.0257. The molecule has 18 heavy (non-hydrogen) atoms. The van der Waals surface area contributed by atoms with E-state index in [2.05, 4.69) is 10.1 Å². The summed E-state index contributed by atoms with van der Waals surface area (Å²) in [6, 6.07) is 9.37. The van der Waals surface area contributed by atoms with Gasteiger partial charge in [-0.15, -0.1) is 5.10 Å². The van der Waals surface area contributed by atoms with Gasteiger partial charge < -0.3 is 10.5 Å². The van der Waals surface area contributed by atoms with Crippen LogP contribution in [0.4, 0.5) is 5.95 Å². The highest BCUT2D eigenvalue weighted by Gasteiger charge is 2.12. The van der Waals surface area contributed by atoms with Gasteiger partial charge in [0.25, 0.3) is 0 Å². The number of carbonyl (C=O) groups excluding carboxylic acids is 1. The fourth-order valence-corrected chi connectivity index (χ4v) is 1.54. The molecule has 94 valence electrons. The Hall–Kier alpha value is -2.37. The summed E-state index contributed by atoms with van der Waals surface area (Å²) in [4.78, 5) is 15.4. The summed E-state index contributed by atoms with van der Waals surface area (Å²) in [5.74, 6) is 0.248. The minimum Gasteiger partial charge on any atom is -0.466 e. The average molecular weight is 246 g/mol. The maximum absolute atomic E-state index is 11.3. The van der Waals surface area contributed by atoms with Crippen LogP contribution in [-0.2, 0) is 16.0 Å². The zero-order valence-corrected chi connectivity index (χ0v) is 10.0. The van der Waals surface area contributed by atoms with Crippen molar-refractivity contribution in [3.05, 3.63) is 36.2 Å². The number of rotatable bonds is 4. The maximum atomic E-state index is 11.3. The van der Waals surface area contributed by atoms with Crippen LogP contribution in [0.25, 0.3) is 5.69 Å². The van der Waals surface area contributed by atoms with Crippen molar-refractivity contribution in [2.75, 3.05) is 12.3 Å². The van der Waals surface area contributed by atoms with Crippen LogP contribution in [0.5, 0.6) is 0 Å². The first-order valence-electron chi connectivity index (χ1n) is 5.63. The van der Waals surface area contributed by atoms with E-state index in [9.17, 15) is 4.79 Å².